The molecule has 1 aliphatic heterocycles. The van der Waals surface area contributed by atoms with Crippen LogP contribution in [0.15, 0.2) is 48.5 Å². The molecule has 1 saturated heterocycles. The molecule has 1 fully saturated rings. The Morgan fingerprint density at radius 1 is 1.04 bits per heavy atom. The molecule has 0 radical (unpaired) electrons. The molecule has 0 bridgehead atoms. The van der Waals surface area contributed by atoms with Crippen LogP contribution in [-0.4, -0.2) is 35.7 Å². The number of carbonyl (C=O) groups is 2. The number of likely N-dealkylation sites (tertiary alicyclic amines) is 1. The smallest absolute Gasteiger partial charge is 0.267 e. The third-order valence-electron chi connectivity index (χ3n) is 4.22. The maximum Gasteiger partial charge on any atom is 0.267 e. The Bertz CT molecular complexity index is 807. The van der Waals surface area contributed by atoms with Gasteiger partial charge in [-0.25, -0.2) is 8.78 Å². The van der Waals surface area contributed by atoms with Crippen molar-refractivity contribution in [2.24, 2.45) is 0 Å². The van der Waals surface area contributed by atoms with E-state index in [0.717, 1.165) is 10.5 Å². The van der Waals surface area contributed by atoms with E-state index in [4.69, 9.17) is 11.6 Å². The first-order chi connectivity index (χ1) is 12.3. The predicted molar refractivity (Wildman–Crippen MR) is 94.5 cm³/mol. The van der Waals surface area contributed by atoms with Crippen molar-refractivity contribution < 1.29 is 18.4 Å². The van der Waals surface area contributed by atoms with Gasteiger partial charge in [0.15, 0.2) is 0 Å². The van der Waals surface area contributed by atoms with E-state index >= 15 is 0 Å². The van der Waals surface area contributed by atoms with Gasteiger partial charge in [-0.1, -0.05) is 23.7 Å². The summed E-state index contributed by atoms with van der Waals surface area (Å²) in [5, 5.41) is 3.39. The van der Waals surface area contributed by atoms with E-state index in [1.54, 1.807) is 12.1 Å². The van der Waals surface area contributed by atoms with Crippen molar-refractivity contribution in [3.05, 3.63) is 70.2 Å². The van der Waals surface area contributed by atoms with E-state index in [1.165, 1.54) is 24.3 Å². The summed E-state index contributed by atoms with van der Waals surface area (Å²) in [4.78, 5) is 25.5. The number of carbonyl (C=O) groups excluding carboxylic acids is 2. The van der Waals surface area contributed by atoms with Crippen molar-refractivity contribution in [1.82, 2.24) is 10.2 Å². The van der Waals surface area contributed by atoms with Crippen molar-refractivity contribution in [1.29, 1.82) is 0 Å². The van der Waals surface area contributed by atoms with Gasteiger partial charge in [-0.15, -0.1) is 0 Å². The highest BCUT2D eigenvalue weighted by atomic mass is 35.5. The molecular weight excluding hydrogens is 362 g/mol. The molecule has 26 heavy (non-hydrogen) atoms. The van der Waals surface area contributed by atoms with Gasteiger partial charge in [0, 0.05) is 35.7 Å². The molecule has 1 aliphatic rings. The van der Waals surface area contributed by atoms with E-state index in [9.17, 15) is 18.4 Å². The van der Waals surface area contributed by atoms with Gasteiger partial charge in [0.05, 0.1) is 6.54 Å². The van der Waals surface area contributed by atoms with Gasteiger partial charge >= 0.3 is 0 Å². The van der Waals surface area contributed by atoms with Gasteiger partial charge in [0.25, 0.3) is 17.7 Å². The van der Waals surface area contributed by atoms with Gasteiger partial charge in [-0.3, -0.25) is 9.59 Å². The van der Waals surface area contributed by atoms with Crippen molar-refractivity contribution in [2.75, 3.05) is 13.1 Å². The second-order valence-corrected chi connectivity index (χ2v) is 6.66. The Morgan fingerprint density at radius 2 is 1.65 bits per heavy atom. The summed E-state index contributed by atoms with van der Waals surface area (Å²) in [6, 6.07) is 13.1. The van der Waals surface area contributed by atoms with E-state index in [0.29, 0.717) is 17.1 Å². The molecule has 2 aromatic carbocycles. The number of rotatable bonds is 4. The Hall–Kier alpha value is -2.47. The zero-order valence-electron chi connectivity index (χ0n) is 13.8. The number of nitrogens with one attached hydrogen (secondary N) is 1. The lowest BCUT2D eigenvalue weighted by Crippen LogP contribution is -2.31. The first kappa shape index (κ1) is 18.3. The van der Waals surface area contributed by atoms with Crippen LogP contribution in [0.5, 0.6) is 0 Å². The number of amides is 2. The van der Waals surface area contributed by atoms with Gasteiger partial charge in [0.2, 0.25) is 0 Å². The van der Waals surface area contributed by atoms with Crippen LogP contribution in [0.3, 0.4) is 0 Å². The van der Waals surface area contributed by atoms with Crippen LogP contribution in [0.25, 0.3) is 0 Å². The van der Waals surface area contributed by atoms with E-state index in [-0.39, 0.29) is 24.4 Å². The van der Waals surface area contributed by atoms with E-state index in [1.807, 2.05) is 12.1 Å². The highest BCUT2D eigenvalue weighted by molar-refractivity contribution is 6.30. The summed E-state index contributed by atoms with van der Waals surface area (Å²) in [6.07, 6.45) is -0.316. The fraction of sp³-hybridized carbons (Fsp3) is 0.263. The zero-order valence-corrected chi connectivity index (χ0v) is 14.6. The van der Waals surface area contributed by atoms with Crippen molar-refractivity contribution >= 4 is 23.4 Å². The van der Waals surface area contributed by atoms with Crippen LogP contribution < -0.4 is 5.32 Å². The molecule has 7 heteroatoms. The Balaban J connectivity index is 1.59. The standard InChI is InChI=1S/C19H17ClF2N2O2/c20-16-7-1-13(2-8-16)11-23-17(25)14-3-5-15(6-4-14)18(26)24-10-9-19(21,22)12-24/h1-8H,9-12H2,(H,23,25). The molecule has 0 spiro atoms. The minimum absolute atomic E-state index is 0.0369. The highest BCUT2D eigenvalue weighted by Crippen LogP contribution is 2.27. The molecule has 0 aromatic heterocycles. The fourth-order valence-electron chi connectivity index (χ4n) is 2.74. The predicted octanol–water partition coefficient (Wildman–Crippen LogP) is 3.75. The first-order valence-corrected chi connectivity index (χ1v) is 8.52. The van der Waals surface area contributed by atoms with Crippen molar-refractivity contribution in [3.8, 4) is 0 Å². The lowest BCUT2D eigenvalue weighted by Gasteiger charge is -2.16. The van der Waals surface area contributed by atoms with Crippen LogP contribution in [0.4, 0.5) is 8.78 Å². The number of halogens is 3. The van der Waals surface area contributed by atoms with Crippen LogP contribution in [0.2, 0.25) is 5.02 Å². The minimum Gasteiger partial charge on any atom is -0.348 e. The Labute approximate surface area is 154 Å². The molecule has 0 atom stereocenters. The molecule has 0 saturated carbocycles. The molecule has 4 nitrogen and oxygen atoms in total. The Morgan fingerprint density at radius 3 is 2.23 bits per heavy atom. The van der Waals surface area contributed by atoms with E-state index in [2.05, 4.69) is 5.32 Å². The quantitative estimate of drug-likeness (QED) is 0.880. The second kappa shape index (κ2) is 7.41. The highest BCUT2D eigenvalue weighted by Gasteiger charge is 2.40. The van der Waals surface area contributed by atoms with Gasteiger partial charge in [-0.2, -0.15) is 0 Å². The first-order valence-electron chi connectivity index (χ1n) is 8.14. The fourth-order valence-corrected chi connectivity index (χ4v) is 2.87. The monoisotopic (exact) mass is 378 g/mol. The number of nitrogens with zero attached hydrogens (tertiary/aromatic N) is 1. The molecule has 0 unspecified atom stereocenters. The van der Waals surface area contributed by atoms with Crippen molar-refractivity contribution in [3.63, 3.8) is 0 Å². The lowest BCUT2D eigenvalue weighted by molar-refractivity contribution is 0.0120. The maximum absolute atomic E-state index is 13.2. The van der Waals surface area contributed by atoms with Crippen molar-refractivity contribution in [2.45, 2.75) is 18.9 Å². The third kappa shape index (κ3) is 4.38. The number of hydrogen-bond acceptors (Lipinski definition) is 2. The summed E-state index contributed by atoms with van der Waals surface area (Å²) in [7, 11) is 0. The topological polar surface area (TPSA) is 49.4 Å². The van der Waals surface area contributed by atoms with Crippen LogP contribution >= 0.6 is 11.6 Å². The molecule has 2 aromatic rings. The molecular formula is C19H17ClF2N2O2. The maximum atomic E-state index is 13.2. The van der Waals surface area contributed by atoms with Gasteiger partial charge in [-0.05, 0) is 42.0 Å². The van der Waals surface area contributed by atoms with Crippen LogP contribution in [0, 0.1) is 0 Å². The lowest BCUT2D eigenvalue weighted by atomic mass is 10.1. The summed E-state index contributed by atoms with van der Waals surface area (Å²) in [6.45, 7) is -0.177. The molecule has 1 N–H and O–H groups in total. The largest absolute Gasteiger partial charge is 0.348 e. The normalized spacial score (nSPS) is 15.7. The van der Waals surface area contributed by atoms with Gasteiger partial charge < -0.3 is 10.2 Å². The third-order valence-corrected chi connectivity index (χ3v) is 4.47. The zero-order chi connectivity index (χ0) is 18.7. The number of hydrogen-bond donors (Lipinski definition) is 1. The van der Waals surface area contributed by atoms with Crippen LogP contribution in [-0.2, 0) is 6.54 Å². The Kier molecular flexibility index (Phi) is 5.23. The average molecular weight is 379 g/mol. The summed E-state index contributed by atoms with van der Waals surface area (Å²) in [5.74, 6) is -3.56. The van der Waals surface area contributed by atoms with E-state index < -0.39 is 18.4 Å². The molecule has 2 amide bonds. The molecule has 1 heterocycles. The molecule has 3 rings (SSSR count). The number of benzene rings is 2. The molecule has 0 aliphatic carbocycles. The summed E-state index contributed by atoms with van der Waals surface area (Å²) in [5.41, 5.74) is 1.59. The summed E-state index contributed by atoms with van der Waals surface area (Å²) >= 11 is 5.81. The van der Waals surface area contributed by atoms with Gasteiger partial charge in [0.1, 0.15) is 0 Å². The molecule has 136 valence electrons. The second-order valence-electron chi connectivity index (χ2n) is 6.22. The average Bonchev–Trinajstić information content (AvgIpc) is 3.00. The van der Waals surface area contributed by atoms with Crippen LogP contribution in [0.1, 0.15) is 32.7 Å². The summed E-state index contributed by atoms with van der Waals surface area (Å²) < 4.78 is 26.5. The minimum atomic E-state index is -2.82. The number of alkyl halides is 2. The SMILES string of the molecule is O=C(NCc1ccc(Cl)cc1)c1ccc(C(=O)N2CCC(F)(F)C2)cc1.